The van der Waals surface area contributed by atoms with E-state index in [1.54, 1.807) is 0 Å². The highest BCUT2D eigenvalue weighted by Gasteiger charge is 2.14. The summed E-state index contributed by atoms with van der Waals surface area (Å²) in [6, 6.07) is 8.43. The third-order valence-electron chi connectivity index (χ3n) is 4.35. The molecular weight excluding hydrogens is 292 g/mol. The van der Waals surface area contributed by atoms with E-state index in [1.807, 2.05) is 16.3 Å². The van der Waals surface area contributed by atoms with Crippen molar-refractivity contribution >= 4 is 12.2 Å². The number of benzene rings is 1. The monoisotopic (exact) mass is 316 g/mol. The SMILES string of the molecule is Cc1cccc(-c2nn(CN3CCCCCC3)c(=S)n2C)c1. The van der Waals surface area contributed by atoms with E-state index in [4.69, 9.17) is 17.3 Å². The number of aryl methyl sites for hydroxylation is 1. The molecule has 5 heteroatoms. The molecule has 1 saturated heterocycles. The Morgan fingerprint density at radius 2 is 1.86 bits per heavy atom. The Bertz CT molecular complexity index is 693. The highest BCUT2D eigenvalue weighted by Crippen LogP contribution is 2.19. The van der Waals surface area contributed by atoms with Crippen LogP contribution in [0.2, 0.25) is 0 Å². The first-order chi connectivity index (χ1) is 10.6. The van der Waals surface area contributed by atoms with Crippen LogP contribution in [0, 0.1) is 11.7 Å². The quantitative estimate of drug-likeness (QED) is 0.807. The molecule has 1 aromatic heterocycles. The highest BCUT2D eigenvalue weighted by atomic mass is 32.1. The van der Waals surface area contributed by atoms with Crippen LogP contribution in [-0.4, -0.2) is 32.3 Å². The van der Waals surface area contributed by atoms with Crippen LogP contribution in [0.15, 0.2) is 24.3 Å². The summed E-state index contributed by atoms with van der Waals surface area (Å²) < 4.78 is 4.78. The Labute approximate surface area is 137 Å². The lowest BCUT2D eigenvalue weighted by Gasteiger charge is -2.19. The van der Waals surface area contributed by atoms with E-state index in [0.717, 1.165) is 35.9 Å². The van der Waals surface area contributed by atoms with Crippen LogP contribution in [0.4, 0.5) is 0 Å². The molecule has 0 bridgehead atoms. The molecule has 1 aliphatic heterocycles. The molecule has 0 N–H and O–H groups in total. The summed E-state index contributed by atoms with van der Waals surface area (Å²) in [5.74, 6) is 0.948. The van der Waals surface area contributed by atoms with Crippen LogP contribution in [0.1, 0.15) is 31.2 Å². The molecule has 118 valence electrons. The van der Waals surface area contributed by atoms with Crippen LogP contribution in [0.3, 0.4) is 0 Å². The van der Waals surface area contributed by atoms with Gasteiger partial charge >= 0.3 is 0 Å². The standard InChI is InChI=1S/C17H24N4S/c1-14-8-7-9-15(12-14)16-18-21(17(22)19(16)2)13-20-10-5-3-4-6-11-20/h7-9,12H,3-6,10-11,13H2,1-2H3. The minimum absolute atomic E-state index is 0.792. The summed E-state index contributed by atoms with van der Waals surface area (Å²) >= 11 is 5.59. The third kappa shape index (κ3) is 3.31. The third-order valence-corrected chi connectivity index (χ3v) is 4.83. The smallest absolute Gasteiger partial charge is 0.199 e. The Balaban J connectivity index is 1.87. The molecule has 22 heavy (non-hydrogen) atoms. The number of hydrogen-bond acceptors (Lipinski definition) is 3. The summed E-state index contributed by atoms with van der Waals surface area (Å²) in [5, 5.41) is 4.78. The lowest BCUT2D eigenvalue weighted by atomic mass is 10.1. The van der Waals surface area contributed by atoms with Gasteiger partial charge in [0.2, 0.25) is 0 Å². The van der Waals surface area contributed by atoms with Gasteiger partial charge in [0.25, 0.3) is 0 Å². The largest absolute Gasteiger partial charge is 0.303 e. The van der Waals surface area contributed by atoms with Crippen molar-refractivity contribution in [1.29, 1.82) is 0 Å². The summed E-state index contributed by atoms with van der Waals surface area (Å²) in [5.41, 5.74) is 2.37. The van der Waals surface area contributed by atoms with Gasteiger partial charge in [-0.15, -0.1) is 0 Å². The summed E-state index contributed by atoms with van der Waals surface area (Å²) in [6.45, 7) is 5.21. The number of hydrogen-bond donors (Lipinski definition) is 0. The number of aromatic nitrogens is 3. The van der Waals surface area contributed by atoms with Gasteiger partial charge in [-0.25, -0.2) is 4.68 Å². The van der Waals surface area contributed by atoms with E-state index in [0.29, 0.717) is 0 Å². The minimum Gasteiger partial charge on any atom is -0.303 e. The van der Waals surface area contributed by atoms with E-state index < -0.39 is 0 Å². The Hall–Kier alpha value is -1.46. The fraction of sp³-hybridized carbons (Fsp3) is 0.529. The summed E-state index contributed by atoms with van der Waals surface area (Å²) in [6.07, 6.45) is 5.26. The molecule has 0 radical (unpaired) electrons. The van der Waals surface area contributed by atoms with Gasteiger partial charge in [-0.3, -0.25) is 4.90 Å². The second-order valence-electron chi connectivity index (χ2n) is 6.21. The van der Waals surface area contributed by atoms with Gasteiger partial charge < -0.3 is 4.57 Å². The van der Waals surface area contributed by atoms with Crippen LogP contribution in [-0.2, 0) is 13.7 Å². The van der Waals surface area contributed by atoms with E-state index >= 15 is 0 Å². The molecule has 1 aromatic carbocycles. The maximum Gasteiger partial charge on any atom is 0.199 e. The predicted octanol–water partition coefficient (Wildman–Crippen LogP) is 3.76. The van der Waals surface area contributed by atoms with Crippen molar-refractivity contribution in [3.05, 3.63) is 34.6 Å². The molecule has 0 saturated carbocycles. The maximum atomic E-state index is 5.59. The van der Waals surface area contributed by atoms with Crippen LogP contribution < -0.4 is 0 Å². The van der Waals surface area contributed by atoms with E-state index in [-0.39, 0.29) is 0 Å². The van der Waals surface area contributed by atoms with Gasteiger partial charge in [-0.2, -0.15) is 5.10 Å². The average Bonchev–Trinajstić information content (AvgIpc) is 2.71. The number of nitrogens with zero attached hydrogens (tertiary/aromatic N) is 4. The molecule has 0 unspecified atom stereocenters. The molecule has 0 amide bonds. The maximum absolute atomic E-state index is 5.59. The van der Waals surface area contributed by atoms with E-state index in [1.165, 1.54) is 31.2 Å². The lowest BCUT2D eigenvalue weighted by molar-refractivity contribution is 0.213. The van der Waals surface area contributed by atoms with Crippen molar-refractivity contribution in [2.45, 2.75) is 39.3 Å². The second kappa shape index (κ2) is 6.75. The van der Waals surface area contributed by atoms with Gasteiger partial charge in [0.05, 0.1) is 6.67 Å². The average molecular weight is 316 g/mol. The molecule has 4 nitrogen and oxygen atoms in total. The van der Waals surface area contributed by atoms with Crippen molar-refractivity contribution < 1.29 is 0 Å². The first-order valence-electron chi connectivity index (χ1n) is 8.08. The highest BCUT2D eigenvalue weighted by molar-refractivity contribution is 7.71. The molecule has 1 aliphatic rings. The van der Waals surface area contributed by atoms with Gasteiger partial charge in [-0.05, 0) is 51.1 Å². The first-order valence-corrected chi connectivity index (χ1v) is 8.49. The number of likely N-dealkylation sites (tertiary alicyclic amines) is 1. The fourth-order valence-corrected chi connectivity index (χ4v) is 3.27. The van der Waals surface area contributed by atoms with Gasteiger partial charge in [0.15, 0.2) is 10.6 Å². The predicted molar refractivity (Wildman–Crippen MR) is 92.2 cm³/mol. The van der Waals surface area contributed by atoms with E-state index in [9.17, 15) is 0 Å². The van der Waals surface area contributed by atoms with Crippen LogP contribution in [0.25, 0.3) is 11.4 Å². The molecule has 0 spiro atoms. The molecule has 2 aromatic rings. The van der Waals surface area contributed by atoms with Crippen LogP contribution in [0.5, 0.6) is 0 Å². The van der Waals surface area contributed by atoms with Crippen molar-refractivity contribution in [2.75, 3.05) is 13.1 Å². The van der Waals surface area contributed by atoms with Crippen LogP contribution >= 0.6 is 12.2 Å². The fourth-order valence-electron chi connectivity index (χ4n) is 3.08. The molecule has 1 fully saturated rings. The zero-order valence-corrected chi connectivity index (χ0v) is 14.3. The normalized spacial score (nSPS) is 16.6. The lowest BCUT2D eigenvalue weighted by Crippen LogP contribution is -2.28. The summed E-state index contributed by atoms with van der Waals surface area (Å²) in [7, 11) is 2.01. The Morgan fingerprint density at radius 3 is 2.55 bits per heavy atom. The van der Waals surface area contributed by atoms with Crippen molar-refractivity contribution in [3.8, 4) is 11.4 Å². The summed E-state index contributed by atoms with van der Waals surface area (Å²) in [4.78, 5) is 2.47. The minimum atomic E-state index is 0.792. The van der Waals surface area contributed by atoms with Crippen molar-refractivity contribution in [1.82, 2.24) is 19.2 Å². The molecule has 2 heterocycles. The topological polar surface area (TPSA) is 26.0 Å². The van der Waals surface area contributed by atoms with E-state index in [2.05, 4.69) is 36.1 Å². The van der Waals surface area contributed by atoms with Gasteiger partial charge in [0, 0.05) is 12.6 Å². The zero-order valence-electron chi connectivity index (χ0n) is 13.5. The Morgan fingerprint density at radius 1 is 1.14 bits per heavy atom. The first kappa shape index (κ1) is 15.4. The second-order valence-corrected chi connectivity index (χ2v) is 6.57. The molecular formula is C17H24N4S. The van der Waals surface area contributed by atoms with Gasteiger partial charge in [0.1, 0.15) is 0 Å². The van der Waals surface area contributed by atoms with Gasteiger partial charge in [-0.1, -0.05) is 36.6 Å². The Kier molecular flexibility index (Phi) is 4.74. The van der Waals surface area contributed by atoms with Crippen molar-refractivity contribution in [3.63, 3.8) is 0 Å². The zero-order chi connectivity index (χ0) is 15.5. The molecule has 0 atom stereocenters. The number of rotatable bonds is 3. The molecule has 3 rings (SSSR count). The molecule has 0 aliphatic carbocycles. The van der Waals surface area contributed by atoms with Crippen molar-refractivity contribution in [2.24, 2.45) is 7.05 Å².